The Morgan fingerprint density at radius 1 is 1.22 bits per heavy atom. The van der Waals surface area contributed by atoms with E-state index < -0.39 is 10.0 Å². The number of hydrogen-bond acceptors (Lipinski definition) is 6. The number of hydrogen-bond donors (Lipinski definition) is 2. The van der Waals surface area contributed by atoms with Crippen molar-refractivity contribution in [1.29, 1.82) is 0 Å². The monoisotopic (exact) mass is 350 g/mol. The third-order valence-corrected chi connectivity index (χ3v) is 5.73. The smallest absolute Gasteiger partial charge is 0.264 e. The van der Waals surface area contributed by atoms with Crippen LogP contribution < -0.4 is 10.0 Å². The molecule has 0 bridgehead atoms. The van der Waals surface area contributed by atoms with Gasteiger partial charge in [-0.05, 0) is 30.0 Å². The molecule has 0 radical (unpaired) electrons. The highest BCUT2D eigenvalue weighted by atomic mass is 32.2. The zero-order valence-corrected chi connectivity index (χ0v) is 14.1. The summed E-state index contributed by atoms with van der Waals surface area (Å²) in [5.41, 5.74) is 0. The quantitative estimate of drug-likeness (QED) is 0.856. The molecule has 2 aromatic rings. The number of thiophene rings is 1. The summed E-state index contributed by atoms with van der Waals surface area (Å²) in [6, 6.07) is 12.4. The van der Waals surface area contributed by atoms with E-state index in [9.17, 15) is 8.42 Å². The van der Waals surface area contributed by atoms with Gasteiger partial charge in [-0.2, -0.15) is 0 Å². The van der Waals surface area contributed by atoms with E-state index in [4.69, 9.17) is 0 Å². The van der Waals surface area contributed by atoms with Crippen LogP contribution in [0.3, 0.4) is 0 Å². The molecule has 1 aliphatic rings. The van der Waals surface area contributed by atoms with Gasteiger partial charge >= 0.3 is 0 Å². The molecule has 0 saturated carbocycles. The molecule has 3 rings (SSSR count). The number of nitrogens with one attached hydrogen (secondary N) is 2. The molecule has 2 N–H and O–H groups in total. The Bertz CT molecular complexity index is 758. The maximum absolute atomic E-state index is 12.2. The van der Waals surface area contributed by atoms with Gasteiger partial charge in [-0.1, -0.05) is 24.3 Å². The van der Waals surface area contributed by atoms with Crippen LogP contribution in [0.2, 0.25) is 0 Å². The Labute approximate surface area is 139 Å². The number of aliphatic imine (C=N–C) groups is 1. The van der Waals surface area contributed by atoms with Crippen molar-refractivity contribution in [3.8, 4) is 0 Å². The summed E-state index contributed by atoms with van der Waals surface area (Å²) in [6.07, 6.45) is 0.972. The van der Waals surface area contributed by atoms with E-state index in [2.05, 4.69) is 31.4 Å². The Morgan fingerprint density at radius 2 is 2.04 bits per heavy atom. The van der Waals surface area contributed by atoms with Gasteiger partial charge in [0.2, 0.25) is 5.96 Å². The first kappa shape index (κ1) is 16.0. The van der Waals surface area contributed by atoms with Gasteiger partial charge in [-0.25, -0.2) is 18.1 Å². The lowest BCUT2D eigenvalue weighted by molar-refractivity contribution is 0.267. The lowest BCUT2D eigenvalue weighted by Crippen LogP contribution is -2.50. The fourth-order valence-corrected chi connectivity index (χ4v) is 3.91. The molecule has 1 aromatic carbocycles. The van der Waals surface area contributed by atoms with Gasteiger partial charge in [0.25, 0.3) is 10.0 Å². The largest absolute Gasteiger partial charge is 0.343 e. The van der Waals surface area contributed by atoms with Crippen molar-refractivity contribution in [2.45, 2.75) is 11.3 Å². The molecule has 0 aliphatic carbocycles. The summed E-state index contributed by atoms with van der Waals surface area (Å²) in [6.45, 7) is 1.93. The first-order valence-electron chi connectivity index (χ1n) is 7.24. The molecule has 0 amide bonds. The van der Waals surface area contributed by atoms with Crippen LogP contribution in [0, 0.1) is 0 Å². The third-order valence-electron chi connectivity index (χ3n) is 3.44. The molecule has 1 aliphatic heterocycles. The van der Waals surface area contributed by atoms with E-state index in [0.29, 0.717) is 19.3 Å². The van der Waals surface area contributed by atoms with Crippen molar-refractivity contribution in [3.05, 3.63) is 52.7 Å². The number of sulfonamides is 1. The zero-order valence-electron chi connectivity index (χ0n) is 12.5. The van der Waals surface area contributed by atoms with Crippen molar-refractivity contribution in [2.24, 2.45) is 4.99 Å². The van der Waals surface area contributed by atoms with E-state index >= 15 is 0 Å². The molecule has 122 valence electrons. The first-order chi connectivity index (χ1) is 11.1. The van der Waals surface area contributed by atoms with Gasteiger partial charge < -0.3 is 5.32 Å². The molecule has 0 atom stereocenters. The topological polar surface area (TPSA) is 73.8 Å². The van der Waals surface area contributed by atoms with Crippen molar-refractivity contribution in [3.63, 3.8) is 0 Å². The Kier molecular flexibility index (Phi) is 4.94. The average Bonchev–Trinajstić information content (AvgIpc) is 3.08. The Morgan fingerprint density at radius 3 is 2.70 bits per heavy atom. The minimum absolute atomic E-state index is 0.227. The molecular formula is C15H18N4O2S2. The van der Waals surface area contributed by atoms with Gasteiger partial charge in [0.1, 0.15) is 0 Å². The second kappa shape index (κ2) is 7.12. The number of benzene rings is 1. The average molecular weight is 350 g/mol. The normalized spacial score (nSPS) is 15.7. The number of guanidine groups is 1. The lowest BCUT2D eigenvalue weighted by Gasteiger charge is -2.26. The molecule has 1 aromatic heterocycles. The first-order valence-corrected chi connectivity index (χ1v) is 9.61. The van der Waals surface area contributed by atoms with E-state index in [-0.39, 0.29) is 4.90 Å². The minimum Gasteiger partial charge on any atom is -0.343 e. The highest BCUT2D eigenvalue weighted by molar-refractivity contribution is 7.90. The predicted octanol–water partition coefficient (Wildman–Crippen LogP) is 1.45. The van der Waals surface area contributed by atoms with Crippen LogP contribution in [0.15, 0.2) is 57.7 Å². The van der Waals surface area contributed by atoms with E-state index in [1.807, 2.05) is 6.07 Å². The number of rotatable bonds is 5. The summed E-state index contributed by atoms with van der Waals surface area (Å²) >= 11 is 1.74. The van der Waals surface area contributed by atoms with E-state index in [1.54, 1.807) is 41.7 Å². The van der Waals surface area contributed by atoms with Crippen LogP contribution in [0.5, 0.6) is 0 Å². The predicted molar refractivity (Wildman–Crippen MR) is 91.8 cm³/mol. The van der Waals surface area contributed by atoms with Crippen molar-refractivity contribution >= 4 is 27.3 Å². The molecule has 8 heteroatoms. The van der Waals surface area contributed by atoms with E-state index in [1.165, 1.54) is 4.88 Å². The van der Waals surface area contributed by atoms with Gasteiger partial charge in [-0.15, -0.1) is 11.3 Å². The summed E-state index contributed by atoms with van der Waals surface area (Å²) in [5.74, 6) is 0.293. The maximum Gasteiger partial charge on any atom is 0.264 e. The molecule has 23 heavy (non-hydrogen) atoms. The fourth-order valence-electron chi connectivity index (χ4n) is 2.19. The molecule has 6 nitrogen and oxygen atoms in total. The fraction of sp³-hybridized carbons (Fsp3) is 0.267. The SMILES string of the molecule is O=S(=O)(NC1=NCN(CCc2cccs2)CN1)c1ccccc1. The van der Waals surface area contributed by atoms with Gasteiger partial charge in [-0.3, -0.25) is 4.90 Å². The van der Waals surface area contributed by atoms with Crippen LogP contribution in [-0.2, 0) is 16.4 Å². The molecule has 0 fully saturated rings. The van der Waals surface area contributed by atoms with Crippen LogP contribution >= 0.6 is 11.3 Å². The molecular weight excluding hydrogens is 332 g/mol. The van der Waals surface area contributed by atoms with Crippen molar-refractivity contribution in [1.82, 2.24) is 14.9 Å². The summed E-state index contributed by atoms with van der Waals surface area (Å²) in [4.78, 5) is 7.96. The second-order valence-corrected chi connectivity index (χ2v) is 7.84. The molecule has 0 saturated heterocycles. The second-order valence-electron chi connectivity index (χ2n) is 5.13. The molecule has 0 spiro atoms. The van der Waals surface area contributed by atoms with Crippen molar-refractivity contribution in [2.75, 3.05) is 19.9 Å². The standard InChI is InChI=1S/C15H18N4O2S2/c20-23(21,14-6-2-1-3-7-14)18-15-16-11-19(12-17-15)9-8-13-5-4-10-22-13/h1-7,10H,8-9,11-12H2,(H2,16,17,18). The maximum atomic E-state index is 12.2. The van der Waals surface area contributed by atoms with Crippen LogP contribution in [0.1, 0.15) is 4.88 Å². The van der Waals surface area contributed by atoms with Crippen LogP contribution in [0.4, 0.5) is 0 Å². The Balaban J connectivity index is 1.55. The third kappa shape index (κ3) is 4.31. The summed E-state index contributed by atoms with van der Waals surface area (Å²) < 4.78 is 26.9. The number of nitrogens with zero attached hydrogens (tertiary/aromatic N) is 2. The molecule has 0 unspecified atom stereocenters. The Hall–Kier alpha value is -1.90. The zero-order chi connectivity index (χ0) is 16.1. The highest BCUT2D eigenvalue weighted by Crippen LogP contribution is 2.10. The van der Waals surface area contributed by atoms with Gasteiger partial charge in [0.15, 0.2) is 0 Å². The van der Waals surface area contributed by atoms with Crippen molar-refractivity contribution < 1.29 is 8.42 Å². The molecule has 2 heterocycles. The van der Waals surface area contributed by atoms with Gasteiger partial charge in [0, 0.05) is 11.4 Å². The summed E-state index contributed by atoms with van der Waals surface area (Å²) in [5, 5.41) is 5.08. The van der Waals surface area contributed by atoms with Crippen LogP contribution in [0.25, 0.3) is 0 Å². The summed E-state index contributed by atoms with van der Waals surface area (Å²) in [7, 11) is -3.59. The highest BCUT2D eigenvalue weighted by Gasteiger charge is 2.19. The van der Waals surface area contributed by atoms with Gasteiger partial charge in [0.05, 0.1) is 18.2 Å². The van der Waals surface area contributed by atoms with E-state index in [0.717, 1.165) is 13.0 Å². The minimum atomic E-state index is -3.59. The lowest BCUT2D eigenvalue weighted by atomic mass is 10.3. The van der Waals surface area contributed by atoms with Crippen LogP contribution in [-0.4, -0.2) is 39.2 Å².